The van der Waals surface area contributed by atoms with Crippen LogP contribution < -0.4 is 14.2 Å². The first kappa shape index (κ1) is 24.4. The van der Waals surface area contributed by atoms with E-state index in [9.17, 15) is 8.42 Å². The SMILES string of the molecule is COc1cc(OC)cc(-c2c(-c3cn[nH]c3)sc3nc(C)cc(NS(=O)(=O)C4=CC=CC(Cl)C4)c23)c1. The van der Waals surface area contributed by atoms with Gasteiger partial charge < -0.3 is 9.47 Å². The number of allylic oxidation sites excluding steroid dienone is 4. The van der Waals surface area contributed by atoms with Gasteiger partial charge in [-0.3, -0.25) is 9.82 Å². The normalized spacial score (nSPS) is 15.7. The van der Waals surface area contributed by atoms with Gasteiger partial charge in [0.1, 0.15) is 16.3 Å². The summed E-state index contributed by atoms with van der Waals surface area (Å²) in [5.41, 5.74) is 3.56. The van der Waals surface area contributed by atoms with Crippen molar-refractivity contribution in [2.45, 2.75) is 18.7 Å². The third-order valence-electron chi connectivity index (χ3n) is 5.78. The van der Waals surface area contributed by atoms with E-state index in [0.717, 1.165) is 21.6 Å². The number of nitrogens with zero attached hydrogens (tertiary/aromatic N) is 2. The molecule has 1 aromatic carbocycles. The average Bonchev–Trinajstić information content (AvgIpc) is 3.51. The quantitative estimate of drug-likeness (QED) is 0.283. The van der Waals surface area contributed by atoms with Gasteiger partial charge in [0, 0.05) is 45.8 Å². The van der Waals surface area contributed by atoms with Crippen LogP contribution in [0.3, 0.4) is 0 Å². The maximum Gasteiger partial charge on any atom is 0.258 e. The molecule has 36 heavy (non-hydrogen) atoms. The minimum Gasteiger partial charge on any atom is -0.497 e. The van der Waals surface area contributed by atoms with E-state index in [1.165, 1.54) is 11.3 Å². The molecular weight excluding hydrogens is 520 g/mol. The molecule has 5 rings (SSSR count). The van der Waals surface area contributed by atoms with Crippen LogP contribution in [0.25, 0.3) is 31.8 Å². The Morgan fingerprint density at radius 1 is 1.14 bits per heavy atom. The number of pyridine rings is 1. The summed E-state index contributed by atoms with van der Waals surface area (Å²) in [6, 6.07) is 7.30. The molecular formula is C25H23ClN4O4S2. The second kappa shape index (κ2) is 9.61. The molecule has 1 atom stereocenters. The maximum atomic E-state index is 13.4. The number of aromatic nitrogens is 3. The van der Waals surface area contributed by atoms with Crippen LogP contribution in [0.1, 0.15) is 12.1 Å². The summed E-state index contributed by atoms with van der Waals surface area (Å²) >= 11 is 7.66. The van der Waals surface area contributed by atoms with Gasteiger partial charge in [-0.25, -0.2) is 13.4 Å². The van der Waals surface area contributed by atoms with Crippen molar-refractivity contribution in [2.75, 3.05) is 18.9 Å². The van der Waals surface area contributed by atoms with Crippen LogP contribution in [-0.4, -0.2) is 43.2 Å². The Labute approximate surface area is 217 Å². The van der Waals surface area contributed by atoms with Crippen LogP contribution in [0.4, 0.5) is 5.69 Å². The highest BCUT2D eigenvalue weighted by Gasteiger charge is 2.26. The molecule has 4 aromatic rings. The highest BCUT2D eigenvalue weighted by Crippen LogP contribution is 2.48. The van der Waals surface area contributed by atoms with Crippen LogP contribution in [0, 0.1) is 6.92 Å². The number of ether oxygens (including phenoxy) is 2. The maximum absolute atomic E-state index is 13.4. The van der Waals surface area contributed by atoms with Gasteiger partial charge in [0.25, 0.3) is 10.0 Å². The van der Waals surface area contributed by atoms with E-state index in [4.69, 9.17) is 26.1 Å². The number of anilines is 1. The number of aromatic amines is 1. The van der Waals surface area contributed by atoms with E-state index in [0.29, 0.717) is 33.1 Å². The highest BCUT2D eigenvalue weighted by atomic mass is 35.5. The number of nitrogens with one attached hydrogen (secondary N) is 2. The fourth-order valence-corrected chi connectivity index (χ4v) is 6.96. The van der Waals surface area contributed by atoms with Gasteiger partial charge in [0.05, 0.1) is 36.4 Å². The summed E-state index contributed by atoms with van der Waals surface area (Å²) in [6.07, 6.45) is 8.73. The molecule has 0 saturated heterocycles. The number of fused-ring (bicyclic) bond motifs is 1. The molecule has 0 saturated carbocycles. The monoisotopic (exact) mass is 542 g/mol. The summed E-state index contributed by atoms with van der Waals surface area (Å²) in [5, 5.41) is 7.27. The fraction of sp³-hybridized carbons (Fsp3) is 0.200. The van der Waals surface area contributed by atoms with Gasteiger partial charge in [0.15, 0.2) is 0 Å². The Balaban J connectivity index is 1.77. The third kappa shape index (κ3) is 4.59. The van der Waals surface area contributed by atoms with E-state index in [1.54, 1.807) is 57.0 Å². The number of alkyl halides is 1. The zero-order chi connectivity index (χ0) is 25.4. The molecule has 2 N–H and O–H groups in total. The van der Waals surface area contributed by atoms with Gasteiger partial charge in [0.2, 0.25) is 0 Å². The lowest BCUT2D eigenvalue weighted by Crippen LogP contribution is -2.18. The number of H-pyrrole nitrogens is 1. The first-order valence-electron chi connectivity index (χ1n) is 11.0. The lowest BCUT2D eigenvalue weighted by molar-refractivity contribution is 0.394. The van der Waals surface area contributed by atoms with Crippen LogP contribution >= 0.6 is 22.9 Å². The number of aryl methyl sites for hydroxylation is 1. The smallest absolute Gasteiger partial charge is 0.258 e. The standard InChI is InChI=1S/C25H23ClN4O4S2/c1-14-7-21(30-36(31,32)20-6-4-5-17(26)10-20)23-22(15-8-18(33-2)11-19(9-15)34-3)24(35-25(23)29-14)16-12-27-28-13-16/h4-9,11-13,17H,10H2,1-3H3,(H,27,28)(H,29,30). The Kier molecular flexibility index (Phi) is 6.50. The van der Waals surface area contributed by atoms with E-state index in [-0.39, 0.29) is 16.7 Å². The van der Waals surface area contributed by atoms with Gasteiger partial charge in [-0.2, -0.15) is 5.10 Å². The van der Waals surface area contributed by atoms with Gasteiger partial charge in [-0.05, 0) is 36.8 Å². The summed E-state index contributed by atoms with van der Waals surface area (Å²) in [7, 11) is -0.691. The molecule has 0 aliphatic heterocycles. The first-order chi connectivity index (χ1) is 17.3. The van der Waals surface area contributed by atoms with Crippen molar-refractivity contribution in [3.8, 4) is 33.1 Å². The van der Waals surface area contributed by atoms with Crippen molar-refractivity contribution < 1.29 is 17.9 Å². The van der Waals surface area contributed by atoms with Crippen LogP contribution in [-0.2, 0) is 10.0 Å². The lowest BCUT2D eigenvalue weighted by atomic mass is 9.99. The van der Waals surface area contributed by atoms with Crippen LogP contribution in [0.15, 0.2) is 59.8 Å². The van der Waals surface area contributed by atoms with Crippen LogP contribution in [0.2, 0.25) is 0 Å². The van der Waals surface area contributed by atoms with E-state index >= 15 is 0 Å². The molecule has 1 unspecified atom stereocenters. The number of rotatable bonds is 7. The Hall–Kier alpha value is -3.34. The zero-order valence-corrected chi connectivity index (χ0v) is 22.1. The molecule has 0 amide bonds. The zero-order valence-electron chi connectivity index (χ0n) is 19.7. The number of benzene rings is 1. The minimum atomic E-state index is -3.86. The third-order valence-corrected chi connectivity index (χ3v) is 8.69. The molecule has 0 bridgehead atoms. The fourth-order valence-electron chi connectivity index (χ4n) is 4.13. The second-order valence-corrected chi connectivity index (χ2v) is 11.5. The summed E-state index contributed by atoms with van der Waals surface area (Å²) in [5.74, 6) is 1.22. The Morgan fingerprint density at radius 2 is 1.89 bits per heavy atom. The summed E-state index contributed by atoms with van der Waals surface area (Å²) in [4.78, 5) is 6.53. The number of thiophene rings is 1. The van der Waals surface area contributed by atoms with E-state index < -0.39 is 10.0 Å². The van der Waals surface area contributed by atoms with Gasteiger partial charge >= 0.3 is 0 Å². The van der Waals surface area contributed by atoms with Crippen molar-refractivity contribution >= 4 is 48.9 Å². The minimum absolute atomic E-state index is 0.213. The van der Waals surface area contributed by atoms with Crippen molar-refractivity contribution in [2.24, 2.45) is 0 Å². The number of sulfonamides is 1. The van der Waals surface area contributed by atoms with Crippen LogP contribution in [0.5, 0.6) is 11.5 Å². The molecule has 0 spiro atoms. The molecule has 11 heteroatoms. The Bertz CT molecular complexity index is 1590. The number of hydrogen-bond donors (Lipinski definition) is 2. The largest absolute Gasteiger partial charge is 0.497 e. The molecule has 0 radical (unpaired) electrons. The Morgan fingerprint density at radius 3 is 2.53 bits per heavy atom. The second-order valence-electron chi connectivity index (χ2n) is 8.23. The molecule has 1 aliphatic rings. The molecule has 3 heterocycles. The predicted octanol–water partition coefficient (Wildman–Crippen LogP) is 5.87. The van der Waals surface area contributed by atoms with E-state index in [2.05, 4.69) is 14.9 Å². The topological polar surface area (TPSA) is 106 Å². The number of methoxy groups -OCH3 is 2. The summed E-state index contributed by atoms with van der Waals surface area (Å²) in [6.45, 7) is 1.83. The highest BCUT2D eigenvalue weighted by molar-refractivity contribution is 7.96. The van der Waals surface area contributed by atoms with Crippen molar-refractivity contribution in [3.63, 3.8) is 0 Å². The molecule has 8 nitrogen and oxygen atoms in total. The van der Waals surface area contributed by atoms with E-state index in [1.807, 2.05) is 19.1 Å². The van der Waals surface area contributed by atoms with Crippen molar-refractivity contribution in [3.05, 3.63) is 65.5 Å². The molecule has 0 fully saturated rings. The number of hydrogen-bond acceptors (Lipinski definition) is 7. The first-order valence-corrected chi connectivity index (χ1v) is 13.7. The van der Waals surface area contributed by atoms with Gasteiger partial charge in [-0.1, -0.05) is 12.2 Å². The number of halogens is 1. The predicted molar refractivity (Wildman–Crippen MR) is 145 cm³/mol. The van der Waals surface area contributed by atoms with Crippen molar-refractivity contribution in [1.82, 2.24) is 15.2 Å². The average molecular weight is 543 g/mol. The molecule has 186 valence electrons. The summed E-state index contributed by atoms with van der Waals surface area (Å²) < 4.78 is 40.6. The van der Waals surface area contributed by atoms with Gasteiger partial charge in [-0.15, -0.1) is 22.9 Å². The molecule has 1 aliphatic carbocycles. The molecule has 3 aromatic heterocycles. The van der Waals surface area contributed by atoms with Crippen molar-refractivity contribution in [1.29, 1.82) is 0 Å². The lowest BCUT2D eigenvalue weighted by Gasteiger charge is -2.17.